The summed E-state index contributed by atoms with van der Waals surface area (Å²) in [5.74, 6) is 0.137. The van der Waals surface area contributed by atoms with Crippen LogP contribution >= 0.6 is 0 Å². The molecule has 6 rings (SSSR count). The molecule has 1 aromatic carbocycles. The van der Waals surface area contributed by atoms with Crippen LogP contribution in [0.25, 0.3) is 0 Å². The van der Waals surface area contributed by atoms with Crippen LogP contribution in [-0.2, 0) is 22.6 Å². The van der Waals surface area contributed by atoms with Gasteiger partial charge in [-0.15, -0.1) is 0 Å². The van der Waals surface area contributed by atoms with E-state index in [1.54, 1.807) is 13.0 Å². The van der Waals surface area contributed by atoms with Gasteiger partial charge in [-0.3, -0.25) is 14.5 Å². The molecule has 230 valence electrons. The van der Waals surface area contributed by atoms with E-state index in [1.807, 2.05) is 6.07 Å². The Morgan fingerprint density at radius 2 is 1.86 bits per heavy atom. The Labute approximate surface area is 252 Å². The molecule has 2 amide bonds. The normalized spacial score (nSPS) is 26.1. The monoisotopic (exact) mass is 589 g/mol. The van der Waals surface area contributed by atoms with E-state index in [0.29, 0.717) is 18.1 Å². The lowest BCUT2D eigenvalue weighted by atomic mass is 9.52. The molecule has 1 aliphatic heterocycles. The van der Waals surface area contributed by atoms with E-state index in [9.17, 15) is 14.7 Å². The third-order valence-corrected chi connectivity index (χ3v) is 9.45. The molecule has 3 saturated carbocycles. The van der Waals surface area contributed by atoms with E-state index in [4.69, 9.17) is 4.84 Å². The third kappa shape index (κ3) is 7.33. The number of nitrogens with zero attached hydrogens (tertiary/aromatic N) is 4. The molecule has 4 N–H and O–H groups in total. The van der Waals surface area contributed by atoms with E-state index in [0.717, 1.165) is 58.0 Å². The summed E-state index contributed by atoms with van der Waals surface area (Å²) in [5.41, 5.74) is 3.57. The average Bonchev–Trinajstić information content (AvgIpc) is 3.50. The molecule has 3 aliphatic carbocycles. The Bertz CT molecular complexity index is 1330. The first-order valence-corrected chi connectivity index (χ1v) is 15.7. The molecule has 1 aromatic heterocycles. The van der Waals surface area contributed by atoms with E-state index in [1.165, 1.54) is 30.3 Å². The predicted molar refractivity (Wildman–Crippen MR) is 162 cm³/mol. The van der Waals surface area contributed by atoms with Gasteiger partial charge < -0.3 is 25.9 Å². The number of amides is 2. The molecule has 0 bridgehead atoms. The number of hydrogen-bond acceptors (Lipinski definition) is 9. The van der Waals surface area contributed by atoms with E-state index >= 15 is 0 Å². The van der Waals surface area contributed by atoms with Crippen LogP contribution in [0.2, 0.25) is 0 Å². The van der Waals surface area contributed by atoms with E-state index < -0.39 is 6.10 Å². The van der Waals surface area contributed by atoms with Crippen molar-refractivity contribution in [2.75, 3.05) is 25.0 Å². The molecular formula is C32H43N7O4. The van der Waals surface area contributed by atoms with Crippen molar-refractivity contribution in [1.82, 2.24) is 25.5 Å². The van der Waals surface area contributed by atoms with Crippen molar-refractivity contribution in [2.45, 2.75) is 95.5 Å². The molecule has 4 aliphatic rings. The van der Waals surface area contributed by atoms with Crippen LogP contribution in [0.15, 0.2) is 41.8 Å². The topological polar surface area (TPSA) is 141 Å². The fourth-order valence-electron chi connectivity index (χ4n) is 7.13. The van der Waals surface area contributed by atoms with Gasteiger partial charge in [-0.2, -0.15) is 0 Å². The minimum absolute atomic E-state index is 0.149. The van der Waals surface area contributed by atoms with Gasteiger partial charge in [0.05, 0.1) is 6.10 Å². The van der Waals surface area contributed by atoms with Crippen molar-refractivity contribution in [3.63, 3.8) is 0 Å². The zero-order valence-electron chi connectivity index (χ0n) is 24.9. The van der Waals surface area contributed by atoms with Gasteiger partial charge in [0, 0.05) is 44.3 Å². The van der Waals surface area contributed by atoms with Crippen molar-refractivity contribution in [3.05, 3.63) is 53.5 Å². The first kappa shape index (κ1) is 29.5. The maximum atomic E-state index is 12.8. The number of nitrogens with one attached hydrogen (secondary N) is 3. The smallest absolute Gasteiger partial charge is 0.270 e. The van der Waals surface area contributed by atoms with Crippen molar-refractivity contribution in [1.29, 1.82) is 0 Å². The van der Waals surface area contributed by atoms with Crippen molar-refractivity contribution >= 4 is 23.3 Å². The lowest BCUT2D eigenvalue weighted by Gasteiger charge is -2.57. The van der Waals surface area contributed by atoms with Gasteiger partial charge in [0.1, 0.15) is 29.7 Å². The fraction of sp³-hybridized carbons (Fsp3) is 0.594. The summed E-state index contributed by atoms with van der Waals surface area (Å²) in [7, 11) is 0. The highest BCUT2D eigenvalue weighted by molar-refractivity contribution is 6.37. The number of fused-ring (bicyclic) bond motifs is 1. The quantitative estimate of drug-likeness (QED) is 0.232. The van der Waals surface area contributed by atoms with Crippen molar-refractivity contribution < 1.29 is 19.5 Å². The van der Waals surface area contributed by atoms with Crippen LogP contribution in [-0.4, -0.2) is 81.4 Å². The zero-order valence-corrected chi connectivity index (χ0v) is 24.9. The van der Waals surface area contributed by atoms with Gasteiger partial charge in [-0.1, -0.05) is 29.4 Å². The Morgan fingerprint density at radius 1 is 1.12 bits per heavy atom. The molecule has 2 aromatic rings. The van der Waals surface area contributed by atoms with Gasteiger partial charge in [-0.05, 0) is 81.3 Å². The number of oxime groups is 1. The maximum absolute atomic E-state index is 12.8. The van der Waals surface area contributed by atoms with Gasteiger partial charge in [0.25, 0.3) is 11.8 Å². The summed E-state index contributed by atoms with van der Waals surface area (Å²) >= 11 is 0. The molecular weight excluding hydrogens is 546 g/mol. The molecule has 0 saturated heterocycles. The summed E-state index contributed by atoms with van der Waals surface area (Å²) in [5, 5.41) is 24.0. The summed E-state index contributed by atoms with van der Waals surface area (Å²) in [6.07, 6.45) is 10.1. The first-order chi connectivity index (χ1) is 20.8. The highest BCUT2D eigenvalue weighted by atomic mass is 16.6. The largest absolute Gasteiger partial charge is 0.392 e. The minimum Gasteiger partial charge on any atom is -0.392 e. The standard InChI is InChI=1S/C32H43N7O4/c1-21(38-43-27-8-4-5-9-27)30(41)37-25-15-32(16-25)13-24(14-32)36-29-12-28(34-20-35-29)31(42)33-17-26(40)19-39-11-10-22-6-2-3-7-23(22)18-39/h2-3,6-7,12,20,24-27,40H,4-5,8-11,13-19H2,1H3,(H,33,42)(H,37,41)(H,34,35,36)/b38-21+/t24?,25?,26-,32?/m0/s1. The van der Waals surface area contributed by atoms with E-state index in [2.05, 4.69) is 54.2 Å². The minimum atomic E-state index is -0.669. The molecule has 0 unspecified atom stereocenters. The SMILES string of the molecule is C/C(=N\OC1CCCC1)C(=O)NC1CC2(C1)CC(Nc1cc(C(=O)NC[C@H](O)CN3CCc4ccccc4C3)ncn1)C2. The van der Waals surface area contributed by atoms with Gasteiger partial charge in [0.2, 0.25) is 0 Å². The lowest BCUT2D eigenvalue weighted by molar-refractivity contribution is -0.118. The number of aliphatic hydroxyl groups is 1. The Balaban J connectivity index is 0.889. The number of benzene rings is 1. The molecule has 0 radical (unpaired) electrons. The summed E-state index contributed by atoms with van der Waals surface area (Å²) in [6.45, 7) is 4.07. The Hall–Kier alpha value is -3.57. The molecule has 3 fully saturated rings. The number of carbonyl (C=O) groups is 2. The molecule has 11 nitrogen and oxygen atoms in total. The lowest BCUT2D eigenvalue weighted by Crippen LogP contribution is -2.59. The average molecular weight is 590 g/mol. The summed E-state index contributed by atoms with van der Waals surface area (Å²) < 4.78 is 0. The van der Waals surface area contributed by atoms with Crippen molar-refractivity contribution in [2.24, 2.45) is 10.6 Å². The van der Waals surface area contributed by atoms with Crippen LogP contribution in [0.4, 0.5) is 5.82 Å². The molecule has 1 atom stereocenters. The molecule has 1 spiro atoms. The van der Waals surface area contributed by atoms with Gasteiger partial charge >= 0.3 is 0 Å². The van der Waals surface area contributed by atoms with Crippen LogP contribution in [0.3, 0.4) is 0 Å². The fourth-order valence-corrected chi connectivity index (χ4v) is 7.13. The Kier molecular flexibility index (Phi) is 8.90. The van der Waals surface area contributed by atoms with Crippen molar-refractivity contribution in [3.8, 4) is 0 Å². The van der Waals surface area contributed by atoms with Gasteiger partial charge in [-0.25, -0.2) is 9.97 Å². The highest BCUT2D eigenvalue weighted by Crippen LogP contribution is 2.56. The van der Waals surface area contributed by atoms with E-state index in [-0.39, 0.29) is 47.7 Å². The number of aromatic nitrogens is 2. The van der Waals surface area contributed by atoms with Crippen LogP contribution in [0.1, 0.15) is 79.9 Å². The molecule has 11 heteroatoms. The second kappa shape index (κ2) is 13.0. The Morgan fingerprint density at radius 3 is 2.65 bits per heavy atom. The molecule has 2 heterocycles. The van der Waals surface area contributed by atoms with Crippen LogP contribution in [0.5, 0.6) is 0 Å². The number of anilines is 1. The predicted octanol–water partition coefficient (Wildman–Crippen LogP) is 2.80. The van der Waals surface area contributed by atoms with Gasteiger partial charge in [0.15, 0.2) is 0 Å². The summed E-state index contributed by atoms with van der Waals surface area (Å²) in [6, 6.07) is 10.5. The second-order valence-electron chi connectivity index (χ2n) is 12.9. The number of hydrogen-bond donors (Lipinski definition) is 4. The maximum Gasteiger partial charge on any atom is 0.270 e. The second-order valence-corrected chi connectivity index (χ2v) is 12.9. The summed E-state index contributed by atoms with van der Waals surface area (Å²) in [4.78, 5) is 41.4. The highest BCUT2D eigenvalue weighted by Gasteiger charge is 2.53. The number of carbonyl (C=O) groups excluding carboxylic acids is 2. The number of aliphatic hydroxyl groups excluding tert-OH is 1. The molecule has 43 heavy (non-hydrogen) atoms. The van der Waals surface area contributed by atoms with Crippen LogP contribution < -0.4 is 16.0 Å². The number of rotatable bonds is 11. The zero-order chi connectivity index (χ0) is 29.8. The third-order valence-electron chi connectivity index (χ3n) is 9.45. The first-order valence-electron chi connectivity index (χ1n) is 15.7. The van der Waals surface area contributed by atoms with Crippen LogP contribution in [0, 0.1) is 5.41 Å². The number of β-amino-alcohol motifs (C(OH)–C–C–N with tert-alkyl or cyclic N) is 1.